The average Bonchev–Trinajstić information content (AvgIpc) is 3.27. The van der Waals surface area contributed by atoms with Gasteiger partial charge in [-0.15, -0.1) is 0 Å². The van der Waals surface area contributed by atoms with Gasteiger partial charge in [0, 0.05) is 26.7 Å². The molecule has 1 N–H and O–H groups in total. The summed E-state index contributed by atoms with van der Waals surface area (Å²) in [5, 5.41) is 2.90. The van der Waals surface area contributed by atoms with Gasteiger partial charge in [0.25, 0.3) is 0 Å². The summed E-state index contributed by atoms with van der Waals surface area (Å²) in [6.07, 6.45) is 0.672. The number of rotatable bonds is 7. The van der Waals surface area contributed by atoms with Gasteiger partial charge in [0.2, 0.25) is 11.8 Å². The summed E-state index contributed by atoms with van der Waals surface area (Å²) in [7, 11) is 5.73. The summed E-state index contributed by atoms with van der Waals surface area (Å²) < 4.78 is 0. The predicted molar refractivity (Wildman–Crippen MR) is 86.1 cm³/mol. The Labute approximate surface area is 132 Å². The van der Waals surface area contributed by atoms with Crippen molar-refractivity contribution in [1.29, 1.82) is 0 Å². The number of nitrogens with one attached hydrogen (secondary N) is 1. The lowest BCUT2D eigenvalue weighted by molar-refractivity contribution is -0.134. The van der Waals surface area contributed by atoms with E-state index in [0.29, 0.717) is 19.5 Å². The molecule has 0 aliphatic heterocycles. The molecule has 5 heteroatoms. The molecule has 0 radical (unpaired) electrons. The Kier molecular flexibility index (Phi) is 5.55. The van der Waals surface area contributed by atoms with Gasteiger partial charge < -0.3 is 15.1 Å². The van der Waals surface area contributed by atoms with E-state index in [1.54, 1.807) is 11.9 Å². The highest BCUT2D eigenvalue weighted by atomic mass is 16.2. The second kappa shape index (κ2) is 7.40. The first-order chi connectivity index (χ1) is 10.5. The molecule has 1 aliphatic carbocycles. The minimum atomic E-state index is -0.145. The molecule has 120 valence electrons. The second-order valence-electron chi connectivity index (χ2n) is 6.22. The highest BCUT2D eigenvalue weighted by molar-refractivity contribution is 5.92. The van der Waals surface area contributed by atoms with Crippen LogP contribution in [0.25, 0.3) is 0 Å². The minimum Gasteiger partial charge on any atom is -0.355 e. The monoisotopic (exact) mass is 303 g/mol. The van der Waals surface area contributed by atoms with Crippen LogP contribution in [0.2, 0.25) is 0 Å². The maximum Gasteiger partial charge on any atom is 0.226 e. The van der Waals surface area contributed by atoms with E-state index < -0.39 is 0 Å². The highest BCUT2D eigenvalue weighted by Gasteiger charge is 2.48. The normalized spacial score (nSPS) is 19.8. The lowest BCUT2D eigenvalue weighted by Crippen LogP contribution is -2.34. The van der Waals surface area contributed by atoms with Gasteiger partial charge in [-0.05, 0) is 26.1 Å². The molecule has 0 heterocycles. The van der Waals surface area contributed by atoms with E-state index in [9.17, 15) is 9.59 Å². The van der Waals surface area contributed by atoms with Crippen molar-refractivity contribution in [2.24, 2.45) is 11.8 Å². The van der Waals surface area contributed by atoms with Gasteiger partial charge in [-0.25, -0.2) is 0 Å². The van der Waals surface area contributed by atoms with Gasteiger partial charge in [-0.1, -0.05) is 30.3 Å². The zero-order chi connectivity index (χ0) is 16.1. The first kappa shape index (κ1) is 16.5. The zero-order valence-electron chi connectivity index (χ0n) is 13.6. The summed E-state index contributed by atoms with van der Waals surface area (Å²) in [5.74, 6) is -0.217. The Morgan fingerprint density at radius 3 is 2.45 bits per heavy atom. The molecular weight excluding hydrogens is 278 g/mol. The lowest BCUT2D eigenvalue weighted by Gasteiger charge is -2.17. The van der Waals surface area contributed by atoms with E-state index in [1.807, 2.05) is 49.3 Å². The highest BCUT2D eigenvalue weighted by Crippen LogP contribution is 2.40. The maximum absolute atomic E-state index is 12.3. The van der Waals surface area contributed by atoms with Crippen molar-refractivity contribution < 1.29 is 9.59 Å². The van der Waals surface area contributed by atoms with Crippen LogP contribution < -0.4 is 5.32 Å². The third kappa shape index (κ3) is 4.56. The largest absolute Gasteiger partial charge is 0.355 e. The van der Waals surface area contributed by atoms with Gasteiger partial charge in [-0.3, -0.25) is 9.59 Å². The van der Waals surface area contributed by atoms with Crippen molar-refractivity contribution in [1.82, 2.24) is 15.1 Å². The first-order valence-electron chi connectivity index (χ1n) is 7.70. The van der Waals surface area contributed by atoms with Crippen molar-refractivity contribution in [2.75, 3.05) is 34.2 Å². The van der Waals surface area contributed by atoms with Crippen LogP contribution in [0.1, 0.15) is 12.0 Å². The zero-order valence-corrected chi connectivity index (χ0v) is 13.6. The summed E-state index contributed by atoms with van der Waals surface area (Å²) in [4.78, 5) is 28.1. The second-order valence-corrected chi connectivity index (χ2v) is 6.22. The van der Waals surface area contributed by atoms with Gasteiger partial charge in [0.15, 0.2) is 0 Å². The number of hydrogen-bond acceptors (Lipinski definition) is 3. The van der Waals surface area contributed by atoms with Crippen molar-refractivity contribution in [3.8, 4) is 0 Å². The molecule has 0 bridgehead atoms. The fourth-order valence-corrected chi connectivity index (χ4v) is 2.51. The van der Waals surface area contributed by atoms with Crippen molar-refractivity contribution >= 4 is 11.8 Å². The van der Waals surface area contributed by atoms with Gasteiger partial charge in [0.05, 0.1) is 11.8 Å². The summed E-state index contributed by atoms with van der Waals surface area (Å²) >= 11 is 0. The smallest absolute Gasteiger partial charge is 0.226 e. The third-order valence-electron chi connectivity index (χ3n) is 3.94. The van der Waals surface area contributed by atoms with Crippen LogP contribution in [0.15, 0.2) is 30.3 Å². The quantitative estimate of drug-likeness (QED) is 0.816. The van der Waals surface area contributed by atoms with Crippen molar-refractivity contribution in [2.45, 2.75) is 13.0 Å². The molecule has 1 aliphatic rings. The molecule has 2 amide bonds. The van der Waals surface area contributed by atoms with Crippen LogP contribution >= 0.6 is 0 Å². The fraction of sp³-hybridized carbons (Fsp3) is 0.529. The molecule has 1 fully saturated rings. The molecule has 5 nitrogen and oxygen atoms in total. The molecule has 2 atom stereocenters. The number of benzene rings is 1. The van der Waals surface area contributed by atoms with E-state index in [1.165, 1.54) is 0 Å². The van der Waals surface area contributed by atoms with E-state index in [0.717, 1.165) is 12.1 Å². The summed E-state index contributed by atoms with van der Waals surface area (Å²) in [6.45, 7) is 2.03. The summed E-state index contributed by atoms with van der Waals surface area (Å²) in [6, 6.07) is 9.89. The molecule has 0 aromatic heterocycles. The number of hydrogen-bond donors (Lipinski definition) is 1. The van der Waals surface area contributed by atoms with Gasteiger partial charge in [-0.2, -0.15) is 0 Å². The Hall–Kier alpha value is -1.88. The molecule has 2 rings (SSSR count). The van der Waals surface area contributed by atoms with Crippen molar-refractivity contribution in [3.05, 3.63) is 35.9 Å². The standard InChI is InChI=1S/C17H25N3O2/c1-19(2)10-9-18-16(21)14-11-15(14)17(22)20(3)12-13-7-5-4-6-8-13/h4-8,14-15H,9-12H2,1-3H3,(H,18,21). The molecule has 1 aromatic carbocycles. The number of carbonyl (C=O) groups excluding carboxylic acids is 2. The molecule has 1 saturated carbocycles. The number of amides is 2. The van der Waals surface area contributed by atoms with E-state index in [2.05, 4.69) is 5.32 Å². The molecule has 22 heavy (non-hydrogen) atoms. The molecule has 2 unspecified atom stereocenters. The van der Waals surface area contributed by atoms with Crippen LogP contribution in [-0.2, 0) is 16.1 Å². The molecule has 0 spiro atoms. The maximum atomic E-state index is 12.3. The average molecular weight is 303 g/mol. The Balaban J connectivity index is 1.76. The Morgan fingerprint density at radius 2 is 1.82 bits per heavy atom. The van der Waals surface area contributed by atoms with Crippen LogP contribution in [0, 0.1) is 11.8 Å². The van der Waals surface area contributed by atoms with Crippen LogP contribution in [0.3, 0.4) is 0 Å². The Bertz CT molecular complexity index is 516. The van der Waals surface area contributed by atoms with Crippen molar-refractivity contribution in [3.63, 3.8) is 0 Å². The van der Waals surface area contributed by atoms with Crippen LogP contribution in [0.5, 0.6) is 0 Å². The van der Waals surface area contributed by atoms with Gasteiger partial charge >= 0.3 is 0 Å². The summed E-state index contributed by atoms with van der Waals surface area (Å²) in [5.41, 5.74) is 1.10. The Morgan fingerprint density at radius 1 is 1.14 bits per heavy atom. The van der Waals surface area contributed by atoms with Crippen LogP contribution in [-0.4, -0.2) is 55.8 Å². The number of carbonyl (C=O) groups is 2. The number of likely N-dealkylation sites (N-methyl/N-ethyl adjacent to an activating group) is 1. The first-order valence-corrected chi connectivity index (χ1v) is 7.70. The predicted octanol–water partition coefficient (Wildman–Crippen LogP) is 0.959. The molecule has 1 aromatic rings. The van der Waals surface area contributed by atoms with Crippen LogP contribution in [0.4, 0.5) is 0 Å². The lowest BCUT2D eigenvalue weighted by atomic mass is 10.2. The van der Waals surface area contributed by atoms with Gasteiger partial charge in [0.1, 0.15) is 0 Å². The van der Waals surface area contributed by atoms with E-state index >= 15 is 0 Å². The molecular formula is C17H25N3O2. The number of nitrogens with zero attached hydrogens (tertiary/aromatic N) is 2. The third-order valence-corrected chi connectivity index (χ3v) is 3.94. The fourth-order valence-electron chi connectivity index (χ4n) is 2.51. The van der Waals surface area contributed by atoms with E-state index in [4.69, 9.17) is 0 Å². The minimum absolute atomic E-state index is 0.00770. The molecule has 0 saturated heterocycles. The SMILES string of the molecule is CN(C)CCNC(=O)C1CC1C(=O)N(C)Cc1ccccc1. The van der Waals surface area contributed by atoms with E-state index in [-0.39, 0.29) is 23.7 Å². The topological polar surface area (TPSA) is 52.7 Å².